The van der Waals surface area contributed by atoms with Gasteiger partial charge in [0.1, 0.15) is 12.4 Å². The molecular formula is C15H17BrN2O. The molecule has 2 aromatic rings. The number of pyridine rings is 1. The average Bonchev–Trinajstić information content (AvgIpc) is 2.36. The van der Waals surface area contributed by atoms with Gasteiger partial charge in [0.05, 0.1) is 0 Å². The van der Waals surface area contributed by atoms with Crippen LogP contribution in [0.25, 0.3) is 0 Å². The second kappa shape index (κ2) is 6.17. The highest BCUT2D eigenvalue weighted by atomic mass is 79.9. The van der Waals surface area contributed by atoms with E-state index in [2.05, 4.69) is 27.0 Å². The van der Waals surface area contributed by atoms with Gasteiger partial charge in [-0.15, -0.1) is 0 Å². The molecule has 1 aromatic carbocycles. The monoisotopic (exact) mass is 320 g/mol. The van der Waals surface area contributed by atoms with E-state index in [4.69, 9.17) is 10.5 Å². The first kappa shape index (κ1) is 14.0. The van der Waals surface area contributed by atoms with Crippen molar-refractivity contribution in [3.05, 3.63) is 57.8 Å². The Kier molecular flexibility index (Phi) is 4.56. The normalized spacial score (nSPS) is 12.2. The first-order valence-electron chi connectivity index (χ1n) is 6.14. The van der Waals surface area contributed by atoms with Gasteiger partial charge in [0.15, 0.2) is 0 Å². The average molecular weight is 321 g/mol. The van der Waals surface area contributed by atoms with Crippen molar-refractivity contribution in [2.24, 2.45) is 5.73 Å². The maximum atomic E-state index is 5.95. The van der Waals surface area contributed by atoms with Crippen LogP contribution in [0.2, 0.25) is 0 Å². The Bertz CT molecular complexity index is 570. The Morgan fingerprint density at radius 3 is 2.79 bits per heavy atom. The van der Waals surface area contributed by atoms with Gasteiger partial charge in [-0.3, -0.25) is 4.98 Å². The van der Waals surface area contributed by atoms with Crippen LogP contribution < -0.4 is 10.5 Å². The molecule has 2 N–H and O–H groups in total. The summed E-state index contributed by atoms with van der Waals surface area (Å²) < 4.78 is 6.85. The molecule has 0 aliphatic carbocycles. The zero-order valence-electron chi connectivity index (χ0n) is 11.1. The zero-order chi connectivity index (χ0) is 13.8. The predicted molar refractivity (Wildman–Crippen MR) is 80.1 cm³/mol. The number of hydrogen-bond acceptors (Lipinski definition) is 3. The van der Waals surface area contributed by atoms with E-state index in [1.165, 1.54) is 0 Å². The third-order valence-electron chi connectivity index (χ3n) is 2.79. The van der Waals surface area contributed by atoms with E-state index < -0.39 is 0 Å². The van der Waals surface area contributed by atoms with Crippen LogP contribution >= 0.6 is 15.9 Å². The Balaban J connectivity index is 2.17. The van der Waals surface area contributed by atoms with Crippen molar-refractivity contribution < 1.29 is 4.74 Å². The minimum Gasteiger partial charge on any atom is -0.488 e. The first-order valence-corrected chi connectivity index (χ1v) is 6.94. The van der Waals surface area contributed by atoms with Crippen molar-refractivity contribution in [2.45, 2.75) is 26.5 Å². The molecule has 0 saturated heterocycles. The molecular weight excluding hydrogens is 304 g/mol. The van der Waals surface area contributed by atoms with Crippen LogP contribution in [-0.4, -0.2) is 4.98 Å². The summed E-state index contributed by atoms with van der Waals surface area (Å²) in [4.78, 5) is 4.16. The van der Waals surface area contributed by atoms with Crippen LogP contribution in [-0.2, 0) is 6.61 Å². The molecule has 0 spiro atoms. The third kappa shape index (κ3) is 3.78. The number of aryl methyl sites for hydroxylation is 1. The lowest BCUT2D eigenvalue weighted by atomic mass is 10.1. The number of aromatic nitrogens is 1. The van der Waals surface area contributed by atoms with Crippen molar-refractivity contribution in [2.75, 3.05) is 0 Å². The highest BCUT2D eigenvalue weighted by Gasteiger charge is 2.09. The molecule has 0 aliphatic rings. The Morgan fingerprint density at radius 2 is 2.11 bits per heavy atom. The fourth-order valence-electron chi connectivity index (χ4n) is 1.87. The molecule has 0 fully saturated rings. The summed E-state index contributed by atoms with van der Waals surface area (Å²) in [5.74, 6) is 0.811. The van der Waals surface area contributed by atoms with Crippen molar-refractivity contribution >= 4 is 15.9 Å². The Hall–Kier alpha value is -1.39. The van der Waals surface area contributed by atoms with Crippen molar-refractivity contribution in [1.29, 1.82) is 0 Å². The van der Waals surface area contributed by atoms with Crippen molar-refractivity contribution in [3.8, 4) is 5.75 Å². The molecule has 1 aromatic heterocycles. The molecule has 0 aliphatic heterocycles. The van der Waals surface area contributed by atoms with E-state index in [1.807, 2.05) is 44.4 Å². The topological polar surface area (TPSA) is 48.1 Å². The van der Waals surface area contributed by atoms with Crippen LogP contribution in [0.3, 0.4) is 0 Å². The van der Waals surface area contributed by atoms with Gasteiger partial charge >= 0.3 is 0 Å². The number of rotatable bonds is 4. The molecule has 4 heteroatoms. The van der Waals surface area contributed by atoms with Crippen LogP contribution in [0.1, 0.15) is 29.7 Å². The highest BCUT2D eigenvalue weighted by Crippen LogP contribution is 2.28. The van der Waals surface area contributed by atoms with E-state index in [1.54, 1.807) is 0 Å². The SMILES string of the molecule is Cc1cncc(COc2cc(Br)ccc2C(C)N)c1. The van der Waals surface area contributed by atoms with Gasteiger partial charge in [0, 0.05) is 34.0 Å². The number of nitrogens with zero attached hydrogens (tertiary/aromatic N) is 1. The van der Waals surface area contributed by atoms with E-state index in [0.717, 1.165) is 26.9 Å². The first-order chi connectivity index (χ1) is 9.06. The summed E-state index contributed by atoms with van der Waals surface area (Å²) >= 11 is 3.45. The number of halogens is 1. The summed E-state index contributed by atoms with van der Waals surface area (Å²) in [7, 11) is 0. The fraction of sp³-hybridized carbons (Fsp3) is 0.267. The van der Waals surface area contributed by atoms with Gasteiger partial charge < -0.3 is 10.5 Å². The van der Waals surface area contributed by atoms with Crippen LogP contribution in [0, 0.1) is 6.92 Å². The summed E-state index contributed by atoms with van der Waals surface area (Å²) in [5, 5.41) is 0. The summed E-state index contributed by atoms with van der Waals surface area (Å²) in [6, 6.07) is 7.91. The Labute approximate surface area is 121 Å². The number of hydrogen-bond donors (Lipinski definition) is 1. The van der Waals surface area contributed by atoms with Crippen molar-refractivity contribution in [1.82, 2.24) is 4.98 Å². The predicted octanol–water partition coefficient (Wildman–Crippen LogP) is 3.75. The lowest BCUT2D eigenvalue weighted by molar-refractivity contribution is 0.301. The quantitative estimate of drug-likeness (QED) is 0.933. The number of benzene rings is 1. The van der Waals surface area contributed by atoms with Crippen molar-refractivity contribution in [3.63, 3.8) is 0 Å². The van der Waals surface area contributed by atoms with Gasteiger partial charge in [-0.2, -0.15) is 0 Å². The second-order valence-electron chi connectivity index (χ2n) is 4.63. The number of ether oxygens (including phenoxy) is 1. The number of nitrogens with two attached hydrogens (primary N) is 1. The standard InChI is InChI=1S/C15H17BrN2O/c1-10-5-12(8-18-7-10)9-19-15-6-13(16)3-4-14(15)11(2)17/h3-8,11H,9,17H2,1-2H3. The van der Waals surface area contributed by atoms with Crippen LogP contribution in [0.4, 0.5) is 0 Å². The lowest BCUT2D eigenvalue weighted by Crippen LogP contribution is -2.08. The summed E-state index contributed by atoms with van der Waals surface area (Å²) in [5.41, 5.74) is 9.13. The third-order valence-corrected chi connectivity index (χ3v) is 3.29. The zero-order valence-corrected chi connectivity index (χ0v) is 12.6. The van der Waals surface area contributed by atoms with Gasteiger partial charge in [0.2, 0.25) is 0 Å². The minimum absolute atomic E-state index is 0.0567. The van der Waals surface area contributed by atoms with Gasteiger partial charge in [0.25, 0.3) is 0 Å². The molecule has 1 atom stereocenters. The van der Waals surface area contributed by atoms with E-state index in [-0.39, 0.29) is 6.04 Å². The molecule has 0 radical (unpaired) electrons. The maximum Gasteiger partial charge on any atom is 0.125 e. The molecule has 0 amide bonds. The van der Waals surface area contributed by atoms with Crippen LogP contribution in [0.15, 0.2) is 41.1 Å². The summed E-state index contributed by atoms with van der Waals surface area (Å²) in [6.45, 7) is 4.46. The van der Waals surface area contributed by atoms with E-state index >= 15 is 0 Å². The highest BCUT2D eigenvalue weighted by molar-refractivity contribution is 9.10. The van der Waals surface area contributed by atoms with Gasteiger partial charge in [-0.25, -0.2) is 0 Å². The second-order valence-corrected chi connectivity index (χ2v) is 5.55. The minimum atomic E-state index is -0.0567. The molecule has 1 heterocycles. The molecule has 1 unspecified atom stereocenters. The fourth-order valence-corrected chi connectivity index (χ4v) is 2.21. The largest absolute Gasteiger partial charge is 0.488 e. The van der Waals surface area contributed by atoms with E-state index in [9.17, 15) is 0 Å². The molecule has 0 saturated carbocycles. The van der Waals surface area contributed by atoms with E-state index in [0.29, 0.717) is 6.61 Å². The molecule has 3 nitrogen and oxygen atoms in total. The molecule has 0 bridgehead atoms. The lowest BCUT2D eigenvalue weighted by Gasteiger charge is -2.14. The molecule has 100 valence electrons. The van der Waals surface area contributed by atoms with Gasteiger partial charge in [-0.1, -0.05) is 22.0 Å². The smallest absolute Gasteiger partial charge is 0.125 e. The summed E-state index contributed by atoms with van der Waals surface area (Å²) in [6.07, 6.45) is 3.65. The van der Waals surface area contributed by atoms with Crippen LogP contribution in [0.5, 0.6) is 5.75 Å². The molecule has 2 rings (SSSR count). The maximum absolute atomic E-state index is 5.95. The molecule has 19 heavy (non-hydrogen) atoms. The van der Waals surface area contributed by atoms with Gasteiger partial charge in [-0.05, 0) is 37.6 Å². The Morgan fingerprint density at radius 1 is 1.32 bits per heavy atom.